The van der Waals surface area contributed by atoms with Crippen LogP contribution in [0.3, 0.4) is 0 Å². The average Bonchev–Trinajstić information content (AvgIpc) is 2.19. The number of allylic oxidation sites excluding steroid dienone is 1. The molecule has 0 atom stereocenters. The van der Waals surface area contributed by atoms with Gasteiger partial charge in [0.05, 0.1) is 0 Å². The molecule has 14 heavy (non-hydrogen) atoms. The third-order valence-corrected chi connectivity index (χ3v) is 3.40. The second-order valence-electron chi connectivity index (χ2n) is 4.69. The summed E-state index contributed by atoms with van der Waals surface area (Å²) in [5.74, 6) is 0.822. The fourth-order valence-corrected chi connectivity index (χ4v) is 2.22. The van der Waals surface area contributed by atoms with Gasteiger partial charge in [0, 0.05) is 0 Å². The largest absolute Gasteiger partial charge is 0.306 e. The van der Waals surface area contributed by atoms with Gasteiger partial charge in [0.2, 0.25) is 0 Å². The molecule has 1 nitrogen and oxygen atoms in total. The molecule has 1 heteroatoms. The average molecular weight is 195 g/mol. The molecule has 1 aliphatic rings. The summed E-state index contributed by atoms with van der Waals surface area (Å²) >= 11 is 0. The van der Waals surface area contributed by atoms with E-state index in [-0.39, 0.29) is 0 Å². The molecule has 0 aromatic rings. The van der Waals surface area contributed by atoms with Crippen LogP contribution in [-0.2, 0) is 0 Å². The highest BCUT2D eigenvalue weighted by Crippen LogP contribution is 2.26. The van der Waals surface area contributed by atoms with Crippen LogP contribution >= 0.6 is 0 Å². The number of hydrogen-bond acceptors (Lipinski definition) is 1. The van der Waals surface area contributed by atoms with Gasteiger partial charge in [-0.05, 0) is 51.7 Å². The number of unbranched alkanes of at least 4 members (excludes halogenated alkanes) is 2. The second kappa shape index (κ2) is 6.23. The molecule has 0 amide bonds. The Morgan fingerprint density at radius 2 is 1.93 bits per heavy atom. The number of piperidine rings is 1. The molecule has 1 aliphatic heterocycles. The highest BCUT2D eigenvalue weighted by molar-refractivity contribution is 5.02. The Morgan fingerprint density at radius 1 is 1.29 bits per heavy atom. The minimum absolute atomic E-state index is 0.822. The third-order valence-electron chi connectivity index (χ3n) is 3.40. The van der Waals surface area contributed by atoms with Gasteiger partial charge in [0.1, 0.15) is 0 Å². The lowest BCUT2D eigenvalue weighted by molar-refractivity contribution is 0.236. The first-order valence-electron chi connectivity index (χ1n) is 6.10. The van der Waals surface area contributed by atoms with E-state index >= 15 is 0 Å². The Bertz CT molecular complexity index is 166. The van der Waals surface area contributed by atoms with Crippen molar-refractivity contribution in [3.05, 3.63) is 12.2 Å². The summed E-state index contributed by atoms with van der Waals surface area (Å²) in [5, 5.41) is 0. The molecule has 1 heterocycles. The molecule has 1 saturated heterocycles. The van der Waals surface area contributed by atoms with E-state index in [2.05, 4.69) is 25.5 Å². The van der Waals surface area contributed by atoms with Crippen molar-refractivity contribution in [2.75, 3.05) is 20.1 Å². The maximum absolute atomic E-state index is 4.26. The van der Waals surface area contributed by atoms with E-state index < -0.39 is 0 Å². The van der Waals surface area contributed by atoms with Crippen molar-refractivity contribution in [2.45, 2.75) is 45.4 Å². The van der Waals surface area contributed by atoms with Gasteiger partial charge in [-0.2, -0.15) is 0 Å². The molecular weight excluding hydrogens is 170 g/mol. The summed E-state index contributed by atoms with van der Waals surface area (Å²) in [6, 6.07) is 0. The van der Waals surface area contributed by atoms with E-state index in [0.29, 0.717) is 0 Å². The SMILES string of the molecule is C=C(CCCCC)C1CCN(C)CC1. The monoisotopic (exact) mass is 195 g/mol. The van der Waals surface area contributed by atoms with E-state index in [1.54, 1.807) is 0 Å². The fourth-order valence-electron chi connectivity index (χ4n) is 2.22. The molecule has 1 fully saturated rings. The molecule has 0 aromatic carbocycles. The van der Waals surface area contributed by atoms with E-state index in [1.165, 1.54) is 57.2 Å². The van der Waals surface area contributed by atoms with E-state index in [0.717, 1.165) is 5.92 Å². The smallest absolute Gasteiger partial charge is 0.00161 e. The van der Waals surface area contributed by atoms with Crippen LogP contribution in [0.5, 0.6) is 0 Å². The van der Waals surface area contributed by atoms with E-state index in [1.807, 2.05) is 0 Å². The standard InChI is InChI=1S/C13H25N/c1-4-5-6-7-12(2)13-8-10-14(3)11-9-13/h13H,2,4-11H2,1,3H3. The molecular formula is C13H25N. The van der Waals surface area contributed by atoms with Gasteiger partial charge in [-0.1, -0.05) is 31.9 Å². The van der Waals surface area contributed by atoms with Crippen LogP contribution in [0.4, 0.5) is 0 Å². The highest BCUT2D eigenvalue weighted by atomic mass is 15.1. The van der Waals surface area contributed by atoms with Crippen molar-refractivity contribution < 1.29 is 0 Å². The quantitative estimate of drug-likeness (QED) is 0.479. The van der Waals surface area contributed by atoms with Crippen molar-refractivity contribution in [2.24, 2.45) is 5.92 Å². The van der Waals surface area contributed by atoms with Crippen LogP contribution in [0.1, 0.15) is 45.4 Å². The number of likely N-dealkylation sites (tertiary alicyclic amines) is 1. The van der Waals surface area contributed by atoms with Crippen molar-refractivity contribution in [1.29, 1.82) is 0 Å². The van der Waals surface area contributed by atoms with Gasteiger partial charge in [-0.3, -0.25) is 0 Å². The van der Waals surface area contributed by atoms with Crippen LogP contribution in [0.25, 0.3) is 0 Å². The van der Waals surface area contributed by atoms with Crippen LogP contribution in [-0.4, -0.2) is 25.0 Å². The van der Waals surface area contributed by atoms with Gasteiger partial charge in [-0.25, -0.2) is 0 Å². The lowest BCUT2D eigenvalue weighted by atomic mass is 9.87. The Morgan fingerprint density at radius 3 is 2.50 bits per heavy atom. The molecule has 1 rings (SSSR count). The van der Waals surface area contributed by atoms with Gasteiger partial charge >= 0.3 is 0 Å². The topological polar surface area (TPSA) is 3.24 Å². The Kier molecular flexibility index (Phi) is 5.24. The first-order chi connectivity index (χ1) is 6.74. The summed E-state index contributed by atoms with van der Waals surface area (Å²) in [7, 11) is 2.22. The maximum atomic E-state index is 4.26. The Labute approximate surface area is 89.2 Å². The molecule has 0 aromatic heterocycles. The summed E-state index contributed by atoms with van der Waals surface area (Å²) in [6.45, 7) is 9.04. The zero-order valence-corrected chi connectivity index (χ0v) is 9.89. The molecule has 0 radical (unpaired) electrons. The zero-order valence-electron chi connectivity index (χ0n) is 9.89. The maximum Gasteiger partial charge on any atom is -0.00161 e. The first-order valence-corrected chi connectivity index (χ1v) is 6.10. The summed E-state index contributed by atoms with van der Waals surface area (Å²) in [4.78, 5) is 2.43. The predicted octanol–water partition coefficient (Wildman–Crippen LogP) is 3.46. The summed E-state index contributed by atoms with van der Waals surface area (Å²) in [5.41, 5.74) is 1.52. The third kappa shape index (κ3) is 3.83. The number of hydrogen-bond donors (Lipinski definition) is 0. The highest BCUT2D eigenvalue weighted by Gasteiger charge is 2.18. The molecule has 0 aliphatic carbocycles. The van der Waals surface area contributed by atoms with Gasteiger partial charge in [0.15, 0.2) is 0 Å². The summed E-state index contributed by atoms with van der Waals surface area (Å²) < 4.78 is 0. The van der Waals surface area contributed by atoms with Gasteiger partial charge in [0.25, 0.3) is 0 Å². The molecule has 0 bridgehead atoms. The second-order valence-corrected chi connectivity index (χ2v) is 4.69. The number of rotatable bonds is 5. The summed E-state index contributed by atoms with van der Waals surface area (Å²) in [6.07, 6.45) is 7.97. The molecule has 0 N–H and O–H groups in total. The van der Waals surface area contributed by atoms with Crippen LogP contribution in [0.2, 0.25) is 0 Å². The zero-order chi connectivity index (χ0) is 10.4. The van der Waals surface area contributed by atoms with Crippen molar-refractivity contribution in [3.8, 4) is 0 Å². The minimum atomic E-state index is 0.822. The van der Waals surface area contributed by atoms with Gasteiger partial charge in [-0.15, -0.1) is 0 Å². The molecule has 82 valence electrons. The van der Waals surface area contributed by atoms with E-state index in [9.17, 15) is 0 Å². The molecule has 0 saturated carbocycles. The Balaban J connectivity index is 2.17. The van der Waals surface area contributed by atoms with Crippen LogP contribution in [0, 0.1) is 5.92 Å². The van der Waals surface area contributed by atoms with E-state index in [4.69, 9.17) is 0 Å². The van der Waals surface area contributed by atoms with Crippen LogP contribution < -0.4 is 0 Å². The van der Waals surface area contributed by atoms with Crippen molar-refractivity contribution in [3.63, 3.8) is 0 Å². The minimum Gasteiger partial charge on any atom is -0.306 e. The molecule has 0 unspecified atom stereocenters. The number of nitrogens with zero attached hydrogens (tertiary/aromatic N) is 1. The lowest BCUT2D eigenvalue weighted by Gasteiger charge is -2.30. The van der Waals surface area contributed by atoms with Crippen molar-refractivity contribution in [1.82, 2.24) is 4.90 Å². The lowest BCUT2D eigenvalue weighted by Crippen LogP contribution is -2.30. The van der Waals surface area contributed by atoms with Gasteiger partial charge < -0.3 is 4.90 Å². The van der Waals surface area contributed by atoms with Crippen LogP contribution in [0.15, 0.2) is 12.2 Å². The predicted molar refractivity (Wildman–Crippen MR) is 63.5 cm³/mol. The Hall–Kier alpha value is -0.300. The first kappa shape index (κ1) is 11.8. The van der Waals surface area contributed by atoms with Crippen molar-refractivity contribution >= 4 is 0 Å². The molecule has 0 spiro atoms. The fraction of sp³-hybridized carbons (Fsp3) is 0.846. The normalized spacial score (nSPS) is 19.9.